The number of carbonyl (C=O) groups excluding carboxylic acids is 1. The largest absolute Gasteiger partial charge is 0.380 e. The Morgan fingerprint density at radius 2 is 2.00 bits per heavy atom. The van der Waals surface area contributed by atoms with Crippen LogP contribution in [0, 0.1) is 0 Å². The van der Waals surface area contributed by atoms with E-state index in [2.05, 4.69) is 40.5 Å². The molecule has 3 rings (SSSR count). The predicted molar refractivity (Wildman–Crippen MR) is 92.4 cm³/mol. The molecule has 1 unspecified atom stereocenters. The molecule has 0 saturated carbocycles. The number of ether oxygens (including phenoxy) is 1. The lowest BCUT2D eigenvalue weighted by Gasteiger charge is -2.21. The maximum absolute atomic E-state index is 12.3. The summed E-state index contributed by atoms with van der Waals surface area (Å²) in [6, 6.07) is 14.6. The van der Waals surface area contributed by atoms with Crippen molar-refractivity contribution in [3.63, 3.8) is 0 Å². The molecule has 1 heterocycles. The molecular weight excluding hydrogens is 288 g/mol. The van der Waals surface area contributed by atoms with Gasteiger partial charge in [-0.3, -0.25) is 9.69 Å². The number of hydrogen-bond donors (Lipinski definition) is 1. The summed E-state index contributed by atoms with van der Waals surface area (Å²) in [6.45, 7) is 5.75. The minimum atomic E-state index is 0.00957. The van der Waals surface area contributed by atoms with Crippen LogP contribution in [0.4, 0.5) is 0 Å². The Labute approximate surface area is 137 Å². The monoisotopic (exact) mass is 312 g/mol. The molecule has 0 spiro atoms. The van der Waals surface area contributed by atoms with Crippen LogP contribution in [-0.4, -0.2) is 43.7 Å². The summed E-state index contributed by atoms with van der Waals surface area (Å²) in [6.07, 6.45) is 0.994. The molecule has 1 atom stereocenters. The number of rotatable bonds is 4. The third-order valence-corrected chi connectivity index (χ3v) is 4.33. The third-order valence-electron chi connectivity index (χ3n) is 4.33. The van der Waals surface area contributed by atoms with Gasteiger partial charge in [-0.25, -0.2) is 0 Å². The van der Waals surface area contributed by atoms with Gasteiger partial charge in [0.25, 0.3) is 0 Å². The first-order chi connectivity index (χ1) is 11.2. The van der Waals surface area contributed by atoms with E-state index < -0.39 is 0 Å². The third kappa shape index (κ3) is 4.30. The molecule has 0 aliphatic carbocycles. The average molecular weight is 312 g/mol. The average Bonchev–Trinajstić information content (AvgIpc) is 2.83. The van der Waals surface area contributed by atoms with Gasteiger partial charge in [-0.2, -0.15) is 0 Å². The van der Waals surface area contributed by atoms with Crippen molar-refractivity contribution in [3.8, 4) is 0 Å². The van der Waals surface area contributed by atoms with E-state index in [0.717, 1.165) is 31.7 Å². The van der Waals surface area contributed by atoms with Gasteiger partial charge in [0, 0.05) is 19.7 Å². The van der Waals surface area contributed by atoms with Crippen molar-refractivity contribution in [1.29, 1.82) is 0 Å². The van der Waals surface area contributed by atoms with Crippen LogP contribution in [0.3, 0.4) is 0 Å². The summed E-state index contributed by atoms with van der Waals surface area (Å²) >= 11 is 0. The van der Waals surface area contributed by atoms with Crippen LogP contribution >= 0.6 is 0 Å². The Morgan fingerprint density at radius 3 is 2.87 bits per heavy atom. The first-order valence-electron chi connectivity index (χ1n) is 8.30. The van der Waals surface area contributed by atoms with E-state index in [-0.39, 0.29) is 11.9 Å². The van der Waals surface area contributed by atoms with Gasteiger partial charge in [-0.05, 0) is 35.7 Å². The fourth-order valence-corrected chi connectivity index (χ4v) is 3.01. The van der Waals surface area contributed by atoms with Gasteiger partial charge in [0.1, 0.15) is 0 Å². The molecule has 1 aliphatic heterocycles. The Hall–Kier alpha value is -1.91. The molecule has 23 heavy (non-hydrogen) atoms. The van der Waals surface area contributed by atoms with Gasteiger partial charge in [-0.1, -0.05) is 36.4 Å². The van der Waals surface area contributed by atoms with Gasteiger partial charge in [0.15, 0.2) is 0 Å². The Bertz CT molecular complexity index is 663. The second-order valence-electron chi connectivity index (χ2n) is 6.14. The summed E-state index contributed by atoms with van der Waals surface area (Å²) in [7, 11) is 0. The maximum Gasteiger partial charge on any atom is 0.234 e. The van der Waals surface area contributed by atoms with Crippen molar-refractivity contribution in [2.45, 2.75) is 19.4 Å². The highest BCUT2D eigenvalue weighted by atomic mass is 16.5. The van der Waals surface area contributed by atoms with Crippen molar-refractivity contribution in [3.05, 3.63) is 48.0 Å². The molecule has 122 valence electrons. The molecule has 1 N–H and O–H groups in total. The highest BCUT2D eigenvalue weighted by Crippen LogP contribution is 2.20. The zero-order valence-corrected chi connectivity index (χ0v) is 13.6. The highest BCUT2D eigenvalue weighted by molar-refractivity contribution is 5.83. The van der Waals surface area contributed by atoms with Crippen LogP contribution in [0.2, 0.25) is 0 Å². The number of nitrogens with zero attached hydrogens (tertiary/aromatic N) is 1. The molecular formula is C19H24N2O2. The molecule has 2 aromatic carbocycles. The number of amides is 1. The van der Waals surface area contributed by atoms with Crippen LogP contribution < -0.4 is 5.32 Å². The second kappa shape index (κ2) is 7.57. The molecule has 1 amide bonds. The number of benzene rings is 2. The smallest absolute Gasteiger partial charge is 0.234 e. The van der Waals surface area contributed by atoms with Gasteiger partial charge in [-0.15, -0.1) is 0 Å². The quantitative estimate of drug-likeness (QED) is 0.944. The molecule has 0 aromatic heterocycles. The SMILES string of the molecule is CC(NC(=O)CN1CCCOCC1)c1ccc2ccccc2c1. The number of hydrogen-bond acceptors (Lipinski definition) is 3. The highest BCUT2D eigenvalue weighted by Gasteiger charge is 2.15. The molecule has 0 bridgehead atoms. The van der Waals surface area contributed by atoms with Gasteiger partial charge < -0.3 is 10.1 Å². The molecule has 4 heteroatoms. The van der Waals surface area contributed by atoms with E-state index in [4.69, 9.17) is 4.74 Å². The van der Waals surface area contributed by atoms with Crippen LogP contribution in [0.25, 0.3) is 10.8 Å². The van der Waals surface area contributed by atoms with E-state index in [0.29, 0.717) is 13.2 Å². The first-order valence-corrected chi connectivity index (χ1v) is 8.30. The van der Waals surface area contributed by atoms with E-state index >= 15 is 0 Å². The van der Waals surface area contributed by atoms with Crippen LogP contribution in [0.15, 0.2) is 42.5 Å². The Balaban J connectivity index is 1.60. The first kappa shape index (κ1) is 16.0. The van der Waals surface area contributed by atoms with Gasteiger partial charge >= 0.3 is 0 Å². The summed E-state index contributed by atoms with van der Waals surface area (Å²) in [5.41, 5.74) is 1.14. The molecule has 4 nitrogen and oxygen atoms in total. The van der Waals surface area contributed by atoms with Crippen molar-refractivity contribution >= 4 is 16.7 Å². The topological polar surface area (TPSA) is 41.6 Å². The zero-order chi connectivity index (χ0) is 16.1. The second-order valence-corrected chi connectivity index (χ2v) is 6.14. The van der Waals surface area contributed by atoms with Crippen LogP contribution in [0.1, 0.15) is 24.9 Å². The minimum absolute atomic E-state index is 0.00957. The van der Waals surface area contributed by atoms with Crippen LogP contribution in [0.5, 0.6) is 0 Å². The molecule has 2 aromatic rings. The molecule has 1 aliphatic rings. The maximum atomic E-state index is 12.3. The lowest BCUT2D eigenvalue weighted by Crippen LogP contribution is -2.39. The fraction of sp³-hybridized carbons (Fsp3) is 0.421. The lowest BCUT2D eigenvalue weighted by atomic mass is 10.0. The summed E-state index contributed by atoms with van der Waals surface area (Å²) in [5.74, 6) is 0.0764. The van der Waals surface area contributed by atoms with Crippen molar-refractivity contribution < 1.29 is 9.53 Å². The van der Waals surface area contributed by atoms with E-state index in [1.807, 2.05) is 19.1 Å². The van der Waals surface area contributed by atoms with Crippen molar-refractivity contribution in [2.75, 3.05) is 32.8 Å². The van der Waals surface area contributed by atoms with E-state index in [9.17, 15) is 4.79 Å². The summed E-state index contributed by atoms with van der Waals surface area (Å²) in [5, 5.41) is 5.53. The van der Waals surface area contributed by atoms with Crippen molar-refractivity contribution in [1.82, 2.24) is 10.2 Å². The fourth-order valence-electron chi connectivity index (χ4n) is 3.01. The normalized spacial score (nSPS) is 17.6. The molecule has 0 radical (unpaired) electrons. The zero-order valence-electron chi connectivity index (χ0n) is 13.6. The van der Waals surface area contributed by atoms with Crippen molar-refractivity contribution in [2.24, 2.45) is 0 Å². The summed E-state index contributed by atoms with van der Waals surface area (Å²) < 4.78 is 5.42. The summed E-state index contributed by atoms with van der Waals surface area (Å²) in [4.78, 5) is 14.4. The number of fused-ring (bicyclic) bond motifs is 1. The molecule has 1 saturated heterocycles. The minimum Gasteiger partial charge on any atom is -0.380 e. The Kier molecular flexibility index (Phi) is 5.26. The lowest BCUT2D eigenvalue weighted by molar-refractivity contribution is -0.122. The van der Waals surface area contributed by atoms with Gasteiger partial charge in [0.05, 0.1) is 19.2 Å². The van der Waals surface area contributed by atoms with E-state index in [1.165, 1.54) is 10.8 Å². The standard InChI is InChI=1S/C19H24N2O2/c1-15(17-8-7-16-5-2-3-6-18(16)13-17)20-19(22)14-21-9-4-11-23-12-10-21/h2-3,5-8,13,15H,4,9-12,14H2,1H3,(H,20,22). The predicted octanol–water partition coefficient (Wildman–Crippen LogP) is 2.74. The Morgan fingerprint density at radius 1 is 1.17 bits per heavy atom. The van der Waals surface area contributed by atoms with Crippen LogP contribution in [-0.2, 0) is 9.53 Å². The molecule has 1 fully saturated rings. The van der Waals surface area contributed by atoms with Gasteiger partial charge in [0.2, 0.25) is 5.91 Å². The van der Waals surface area contributed by atoms with E-state index in [1.54, 1.807) is 0 Å². The number of nitrogens with one attached hydrogen (secondary N) is 1. The number of carbonyl (C=O) groups is 1.